The van der Waals surface area contributed by atoms with Crippen molar-refractivity contribution in [2.24, 2.45) is 0 Å². The van der Waals surface area contributed by atoms with Gasteiger partial charge >= 0.3 is 0 Å². The fourth-order valence-electron chi connectivity index (χ4n) is 1.03. The Labute approximate surface area is 78.1 Å². The zero-order valence-electron chi connectivity index (χ0n) is 7.92. The maximum atomic E-state index is 11.1. The molecule has 0 spiro atoms. The number of thioether (sulfide) groups is 1. The summed E-state index contributed by atoms with van der Waals surface area (Å²) in [5, 5.41) is 0.230. The Kier molecular flexibility index (Phi) is 6.07. The molecule has 0 saturated heterocycles. The molecule has 70 valence electrons. The maximum absolute atomic E-state index is 11.1. The fraction of sp³-hybridized carbons (Fsp3) is 0.778. The van der Waals surface area contributed by atoms with Crippen LogP contribution in [0.4, 0.5) is 0 Å². The van der Waals surface area contributed by atoms with Gasteiger partial charge in [0.15, 0.2) is 5.12 Å². The lowest BCUT2D eigenvalue weighted by molar-refractivity contribution is -0.119. The first-order valence-corrected chi connectivity index (χ1v) is 5.13. The molecule has 0 aromatic rings. The van der Waals surface area contributed by atoms with Gasteiger partial charge in [0.25, 0.3) is 0 Å². The van der Waals surface area contributed by atoms with Crippen molar-refractivity contribution in [1.82, 2.24) is 0 Å². The summed E-state index contributed by atoms with van der Waals surface area (Å²) in [5.41, 5.74) is 0. The molecule has 0 amide bonds. The standard InChI is InChI=1S/C9H16O2S/c1-4-5-9(11)6-7(2)12-8(3)10/h7H,4-6H2,1-3H3. The van der Waals surface area contributed by atoms with E-state index < -0.39 is 0 Å². The number of hydrogen-bond donors (Lipinski definition) is 0. The maximum Gasteiger partial charge on any atom is 0.186 e. The molecule has 1 unspecified atom stereocenters. The van der Waals surface area contributed by atoms with Gasteiger partial charge in [-0.1, -0.05) is 25.6 Å². The number of ketones is 1. The molecule has 0 bridgehead atoms. The van der Waals surface area contributed by atoms with Crippen LogP contribution in [0.3, 0.4) is 0 Å². The van der Waals surface area contributed by atoms with Crippen LogP contribution in [0.1, 0.15) is 40.0 Å². The quantitative estimate of drug-likeness (QED) is 0.664. The summed E-state index contributed by atoms with van der Waals surface area (Å²) in [5.74, 6) is 0.263. The van der Waals surface area contributed by atoms with Crippen molar-refractivity contribution >= 4 is 22.7 Å². The molecule has 12 heavy (non-hydrogen) atoms. The van der Waals surface area contributed by atoms with Gasteiger partial charge in [-0.05, 0) is 6.42 Å². The van der Waals surface area contributed by atoms with Crippen LogP contribution in [0, 0.1) is 0 Å². The largest absolute Gasteiger partial charge is 0.300 e. The molecule has 0 radical (unpaired) electrons. The highest BCUT2D eigenvalue weighted by molar-refractivity contribution is 8.14. The molecule has 0 aliphatic heterocycles. The van der Waals surface area contributed by atoms with Gasteiger partial charge in [-0.3, -0.25) is 9.59 Å². The number of hydrogen-bond acceptors (Lipinski definition) is 3. The number of carbonyl (C=O) groups is 2. The van der Waals surface area contributed by atoms with Crippen molar-refractivity contribution in [3.63, 3.8) is 0 Å². The summed E-state index contributed by atoms with van der Waals surface area (Å²) >= 11 is 1.25. The molecule has 0 aromatic carbocycles. The van der Waals surface area contributed by atoms with E-state index in [1.807, 2.05) is 13.8 Å². The van der Waals surface area contributed by atoms with Crippen molar-refractivity contribution in [3.8, 4) is 0 Å². The van der Waals surface area contributed by atoms with Gasteiger partial charge in [-0.25, -0.2) is 0 Å². The van der Waals surface area contributed by atoms with E-state index in [9.17, 15) is 9.59 Å². The Balaban J connectivity index is 3.61. The lowest BCUT2D eigenvalue weighted by Crippen LogP contribution is -2.08. The molecule has 0 aliphatic carbocycles. The molecule has 1 atom stereocenters. The Bertz CT molecular complexity index is 166. The van der Waals surface area contributed by atoms with Gasteiger partial charge in [0, 0.05) is 25.0 Å². The van der Waals surface area contributed by atoms with Crippen LogP contribution >= 0.6 is 11.8 Å². The SMILES string of the molecule is CCCC(=O)CC(C)SC(C)=O. The van der Waals surface area contributed by atoms with Crippen molar-refractivity contribution in [3.05, 3.63) is 0 Å². The summed E-state index contributed by atoms with van der Waals surface area (Å²) in [4.78, 5) is 21.8. The molecule has 3 heteroatoms. The van der Waals surface area contributed by atoms with Crippen molar-refractivity contribution in [2.45, 2.75) is 45.3 Å². The van der Waals surface area contributed by atoms with Crippen LogP contribution in [-0.4, -0.2) is 16.1 Å². The van der Waals surface area contributed by atoms with Crippen LogP contribution in [0.2, 0.25) is 0 Å². The predicted molar refractivity (Wildman–Crippen MR) is 52.3 cm³/mol. The average Bonchev–Trinajstić information content (AvgIpc) is 1.84. The van der Waals surface area contributed by atoms with E-state index in [1.165, 1.54) is 18.7 Å². The van der Waals surface area contributed by atoms with Gasteiger partial charge in [0.1, 0.15) is 5.78 Å². The topological polar surface area (TPSA) is 34.1 Å². The van der Waals surface area contributed by atoms with E-state index >= 15 is 0 Å². The Morgan fingerprint density at radius 1 is 1.42 bits per heavy atom. The molecule has 0 heterocycles. The highest BCUT2D eigenvalue weighted by Crippen LogP contribution is 2.15. The van der Waals surface area contributed by atoms with Gasteiger partial charge in [-0.2, -0.15) is 0 Å². The van der Waals surface area contributed by atoms with E-state index in [1.54, 1.807) is 0 Å². The smallest absolute Gasteiger partial charge is 0.186 e. The van der Waals surface area contributed by atoms with Gasteiger partial charge < -0.3 is 0 Å². The van der Waals surface area contributed by atoms with Crippen LogP contribution in [0.5, 0.6) is 0 Å². The highest BCUT2D eigenvalue weighted by Gasteiger charge is 2.10. The second-order valence-electron chi connectivity index (χ2n) is 2.91. The minimum atomic E-state index is 0.0896. The highest BCUT2D eigenvalue weighted by atomic mass is 32.2. The predicted octanol–water partition coefficient (Wildman–Crippen LogP) is 2.41. The van der Waals surface area contributed by atoms with Crippen molar-refractivity contribution in [1.29, 1.82) is 0 Å². The second-order valence-corrected chi connectivity index (χ2v) is 4.53. The van der Waals surface area contributed by atoms with Crippen LogP contribution in [0.25, 0.3) is 0 Å². The van der Waals surface area contributed by atoms with Crippen LogP contribution in [-0.2, 0) is 9.59 Å². The van der Waals surface area contributed by atoms with Crippen LogP contribution in [0.15, 0.2) is 0 Å². The lowest BCUT2D eigenvalue weighted by Gasteiger charge is -2.06. The summed E-state index contributed by atoms with van der Waals surface area (Å²) in [6, 6.07) is 0. The molecule has 0 N–H and O–H groups in total. The van der Waals surface area contributed by atoms with E-state index in [0.717, 1.165) is 6.42 Å². The number of rotatable bonds is 5. The lowest BCUT2D eigenvalue weighted by atomic mass is 10.1. The van der Waals surface area contributed by atoms with E-state index in [0.29, 0.717) is 12.8 Å². The molecule has 2 nitrogen and oxygen atoms in total. The Morgan fingerprint density at radius 2 is 2.00 bits per heavy atom. The monoisotopic (exact) mass is 188 g/mol. The molecule has 0 fully saturated rings. The fourth-order valence-corrected chi connectivity index (χ4v) is 1.86. The van der Waals surface area contributed by atoms with E-state index in [4.69, 9.17) is 0 Å². The second kappa shape index (κ2) is 6.23. The first-order chi connectivity index (χ1) is 5.56. The molecule has 0 aromatic heterocycles. The molecular formula is C9H16O2S. The molecule has 0 aliphatic rings. The Hall–Kier alpha value is -0.310. The molecule has 0 rings (SSSR count). The van der Waals surface area contributed by atoms with Gasteiger partial charge in [0.05, 0.1) is 0 Å². The van der Waals surface area contributed by atoms with Crippen molar-refractivity contribution in [2.75, 3.05) is 0 Å². The van der Waals surface area contributed by atoms with Gasteiger partial charge in [0.2, 0.25) is 0 Å². The average molecular weight is 188 g/mol. The van der Waals surface area contributed by atoms with Gasteiger partial charge in [-0.15, -0.1) is 0 Å². The van der Waals surface area contributed by atoms with Crippen molar-refractivity contribution < 1.29 is 9.59 Å². The first-order valence-electron chi connectivity index (χ1n) is 4.25. The summed E-state index contributed by atoms with van der Waals surface area (Å²) in [7, 11) is 0. The zero-order valence-corrected chi connectivity index (χ0v) is 8.74. The molecular weight excluding hydrogens is 172 g/mol. The zero-order chi connectivity index (χ0) is 9.56. The van der Waals surface area contributed by atoms with Crippen LogP contribution < -0.4 is 0 Å². The number of carbonyl (C=O) groups excluding carboxylic acids is 2. The van der Waals surface area contributed by atoms with E-state index in [-0.39, 0.29) is 16.1 Å². The number of Topliss-reactive ketones (excluding diaryl/α,β-unsaturated/α-hetero) is 1. The minimum absolute atomic E-state index is 0.0896. The summed E-state index contributed by atoms with van der Waals surface area (Å²) < 4.78 is 0. The van der Waals surface area contributed by atoms with E-state index in [2.05, 4.69) is 0 Å². The first kappa shape index (κ1) is 11.7. The minimum Gasteiger partial charge on any atom is -0.300 e. The normalized spacial score (nSPS) is 12.6. The third-order valence-electron chi connectivity index (χ3n) is 1.41. The summed E-state index contributed by atoms with van der Waals surface area (Å²) in [6.45, 7) is 5.44. The summed E-state index contributed by atoms with van der Waals surface area (Å²) in [6.07, 6.45) is 2.07. The Morgan fingerprint density at radius 3 is 2.42 bits per heavy atom. The third kappa shape index (κ3) is 6.40. The molecule has 0 saturated carbocycles. The third-order valence-corrected chi connectivity index (χ3v) is 2.31.